The zero-order chi connectivity index (χ0) is 13.5. The van der Waals surface area contributed by atoms with Gasteiger partial charge in [-0.2, -0.15) is 4.98 Å². The lowest BCUT2D eigenvalue weighted by Crippen LogP contribution is -2.31. The Kier molecular flexibility index (Phi) is 2.93. The largest absolute Gasteiger partial charge is 0.390 e. The highest BCUT2D eigenvalue weighted by Gasteiger charge is 2.28. The number of anilines is 1. The van der Waals surface area contributed by atoms with Gasteiger partial charge in [-0.25, -0.2) is 4.52 Å². The minimum Gasteiger partial charge on any atom is -0.390 e. The molecule has 0 atom stereocenters. The quantitative estimate of drug-likeness (QED) is 0.863. The molecule has 0 aromatic carbocycles. The highest BCUT2D eigenvalue weighted by atomic mass is 16.3. The van der Waals surface area contributed by atoms with E-state index < -0.39 is 5.60 Å². The third-order valence-corrected chi connectivity index (χ3v) is 4.13. The van der Waals surface area contributed by atoms with Gasteiger partial charge in [0.05, 0.1) is 5.60 Å². The molecule has 102 valence electrons. The fourth-order valence-corrected chi connectivity index (χ4v) is 2.93. The van der Waals surface area contributed by atoms with E-state index in [1.54, 1.807) is 0 Å². The number of nitrogens with zero attached hydrogens (tertiary/aromatic N) is 3. The van der Waals surface area contributed by atoms with Crippen LogP contribution in [0.15, 0.2) is 18.2 Å². The maximum absolute atomic E-state index is 9.99. The lowest BCUT2D eigenvalue weighted by Gasteiger charge is -2.33. The minimum atomic E-state index is -0.472. The van der Waals surface area contributed by atoms with Gasteiger partial charge < -0.3 is 10.8 Å². The summed E-state index contributed by atoms with van der Waals surface area (Å²) >= 11 is 0. The molecule has 0 radical (unpaired) electrons. The van der Waals surface area contributed by atoms with Crippen LogP contribution in [0.1, 0.15) is 38.3 Å². The molecule has 0 unspecified atom stereocenters. The lowest BCUT2D eigenvalue weighted by molar-refractivity contribution is 0.00796. The van der Waals surface area contributed by atoms with Gasteiger partial charge in [-0.1, -0.05) is 6.07 Å². The van der Waals surface area contributed by atoms with E-state index in [1.165, 1.54) is 0 Å². The number of nitrogens with two attached hydrogens (primary N) is 1. The summed E-state index contributed by atoms with van der Waals surface area (Å²) in [6.07, 6.45) is 4.86. The first-order valence-electron chi connectivity index (χ1n) is 6.86. The Labute approximate surface area is 112 Å². The second-order valence-corrected chi connectivity index (χ2v) is 5.90. The van der Waals surface area contributed by atoms with E-state index >= 15 is 0 Å². The molecule has 0 saturated heterocycles. The molecule has 1 fully saturated rings. The maximum Gasteiger partial charge on any atom is 0.240 e. The number of hydrogen-bond donors (Lipinski definition) is 2. The Morgan fingerprint density at radius 1 is 1.42 bits per heavy atom. The SMILES string of the molecule is CC1(O)CCC(Cc2cccc3nc(N)nn23)CC1. The standard InChI is InChI=1S/C14H20N4O/c1-14(19)7-5-10(6-8-14)9-11-3-2-4-12-16-13(15)17-18(11)12/h2-4,10,19H,5-9H2,1H3,(H2,15,17). The van der Waals surface area contributed by atoms with E-state index in [1.807, 2.05) is 23.6 Å². The zero-order valence-electron chi connectivity index (χ0n) is 11.2. The second-order valence-electron chi connectivity index (χ2n) is 5.90. The molecule has 5 nitrogen and oxygen atoms in total. The average molecular weight is 260 g/mol. The number of pyridine rings is 1. The Hall–Kier alpha value is -1.62. The van der Waals surface area contributed by atoms with Crippen LogP contribution in [0.5, 0.6) is 0 Å². The normalized spacial score (nSPS) is 27.8. The van der Waals surface area contributed by atoms with Crippen LogP contribution < -0.4 is 5.73 Å². The Morgan fingerprint density at radius 3 is 2.89 bits per heavy atom. The molecule has 1 aliphatic carbocycles. The number of rotatable bonds is 2. The van der Waals surface area contributed by atoms with Gasteiger partial charge in [0.1, 0.15) is 0 Å². The highest BCUT2D eigenvalue weighted by molar-refractivity contribution is 5.42. The van der Waals surface area contributed by atoms with Crippen LogP contribution in [0, 0.1) is 5.92 Å². The Bertz CT molecular complexity index is 580. The summed E-state index contributed by atoms with van der Waals surface area (Å²) in [6.45, 7) is 1.93. The highest BCUT2D eigenvalue weighted by Crippen LogP contribution is 2.33. The fourth-order valence-electron chi connectivity index (χ4n) is 2.93. The third kappa shape index (κ3) is 2.56. The van der Waals surface area contributed by atoms with Crippen LogP contribution in [0.25, 0.3) is 5.65 Å². The summed E-state index contributed by atoms with van der Waals surface area (Å²) in [6, 6.07) is 5.99. The number of nitrogen functional groups attached to an aromatic ring is 1. The van der Waals surface area contributed by atoms with E-state index in [-0.39, 0.29) is 0 Å². The van der Waals surface area contributed by atoms with Crippen LogP contribution in [0.3, 0.4) is 0 Å². The molecule has 0 spiro atoms. The first kappa shape index (κ1) is 12.4. The zero-order valence-corrected chi connectivity index (χ0v) is 11.2. The molecule has 3 N–H and O–H groups in total. The molecule has 2 aromatic heterocycles. The first-order chi connectivity index (χ1) is 9.03. The molecule has 0 bridgehead atoms. The van der Waals surface area contributed by atoms with E-state index in [0.29, 0.717) is 11.9 Å². The first-order valence-corrected chi connectivity index (χ1v) is 6.86. The van der Waals surface area contributed by atoms with Gasteiger partial charge in [0.15, 0.2) is 5.65 Å². The molecular formula is C14H20N4O. The van der Waals surface area contributed by atoms with Crippen molar-refractivity contribution in [2.75, 3.05) is 5.73 Å². The molecular weight excluding hydrogens is 240 g/mol. The van der Waals surface area contributed by atoms with Crippen LogP contribution >= 0.6 is 0 Å². The monoisotopic (exact) mass is 260 g/mol. The third-order valence-electron chi connectivity index (χ3n) is 4.13. The van der Waals surface area contributed by atoms with Crippen molar-refractivity contribution in [2.45, 2.75) is 44.6 Å². The lowest BCUT2D eigenvalue weighted by atomic mass is 9.78. The van der Waals surface area contributed by atoms with Crippen LogP contribution in [0.2, 0.25) is 0 Å². The summed E-state index contributed by atoms with van der Waals surface area (Å²) in [5.74, 6) is 0.926. The fraction of sp³-hybridized carbons (Fsp3) is 0.571. The molecule has 5 heteroatoms. The van der Waals surface area contributed by atoms with Crippen LogP contribution in [-0.4, -0.2) is 25.3 Å². The van der Waals surface area contributed by atoms with Crippen molar-refractivity contribution >= 4 is 11.6 Å². The predicted octanol–water partition coefficient (Wildman–Crippen LogP) is 1.80. The molecule has 1 saturated carbocycles. The van der Waals surface area contributed by atoms with Crippen LogP contribution in [-0.2, 0) is 6.42 Å². The van der Waals surface area contributed by atoms with Crippen molar-refractivity contribution in [3.63, 3.8) is 0 Å². The Morgan fingerprint density at radius 2 is 2.16 bits per heavy atom. The van der Waals surface area contributed by atoms with Crippen LogP contribution in [0.4, 0.5) is 5.95 Å². The molecule has 3 rings (SSSR count). The summed E-state index contributed by atoms with van der Waals surface area (Å²) in [7, 11) is 0. The topological polar surface area (TPSA) is 76.4 Å². The number of aromatic nitrogens is 3. The van der Waals surface area contributed by atoms with Gasteiger partial charge in [0.25, 0.3) is 0 Å². The van der Waals surface area contributed by atoms with Crippen molar-refractivity contribution in [2.24, 2.45) is 5.92 Å². The van der Waals surface area contributed by atoms with Crippen molar-refractivity contribution < 1.29 is 5.11 Å². The summed E-state index contributed by atoms with van der Waals surface area (Å²) in [5.41, 5.74) is 7.13. The molecule has 2 aromatic rings. The number of fused-ring (bicyclic) bond motifs is 1. The average Bonchev–Trinajstić information content (AvgIpc) is 2.73. The van der Waals surface area contributed by atoms with Gasteiger partial charge in [0, 0.05) is 5.69 Å². The van der Waals surface area contributed by atoms with E-state index in [0.717, 1.165) is 43.4 Å². The van der Waals surface area contributed by atoms with Gasteiger partial charge >= 0.3 is 0 Å². The van der Waals surface area contributed by atoms with Crippen molar-refractivity contribution in [3.8, 4) is 0 Å². The Balaban J connectivity index is 1.79. The van der Waals surface area contributed by atoms with Crippen molar-refractivity contribution in [1.29, 1.82) is 0 Å². The number of aliphatic hydroxyl groups is 1. The van der Waals surface area contributed by atoms with E-state index in [4.69, 9.17) is 5.73 Å². The predicted molar refractivity (Wildman–Crippen MR) is 73.7 cm³/mol. The number of hydrogen-bond acceptors (Lipinski definition) is 4. The summed E-state index contributed by atoms with van der Waals surface area (Å²) in [4.78, 5) is 4.18. The summed E-state index contributed by atoms with van der Waals surface area (Å²) in [5, 5.41) is 14.2. The van der Waals surface area contributed by atoms with Gasteiger partial charge in [0.2, 0.25) is 5.95 Å². The summed E-state index contributed by atoms with van der Waals surface area (Å²) < 4.78 is 1.84. The molecule has 2 heterocycles. The van der Waals surface area contributed by atoms with Crippen molar-refractivity contribution in [1.82, 2.24) is 14.6 Å². The van der Waals surface area contributed by atoms with Gasteiger partial charge in [-0.15, -0.1) is 5.10 Å². The van der Waals surface area contributed by atoms with Gasteiger partial charge in [-0.3, -0.25) is 0 Å². The smallest absolute Gasteiger partial charge is 0.240 e. The molecule has 19 heavy (non-hydrogen) atoms. The van der Waals surface area contributed by atoms with Gasteiger partial charge in [-0.05, 0) is 57.1 Å². The second kappa shape index (κ2) is 4.49. The minimum absolute atomic E-state index is 0.319. The van der Waals surface area contributed by atoms with Crippen molar-refractivity contribution in [3.05, 3.63) is 23.9 Å². The maximum atomic E-state index is 9.99. The molecule has 0 aliphatic heterocycles. The molecule has 1 aliphatic rings. The van der Waals surface area contributed by atoms with E-state index in [9.17, 15) is 5.11 Å². The van der Waals surface area contributed by atoms with E-state index in [2.05, 4.69) is 16.1 Å². The molecule has 0 amide bonds.